The largest absolute Gasteiger partial charge is 0.469 e. The Labute approximate surface area is 106 Å². The highest BCUT2D eigenvalue weighted by molar-refractivity contribution is 5.96. The molecule has 1 amide bonds. The van der Waals surface area contributed by atoms with Crippen LogP contribution in [0.2, 0.25) is 0 Å². The van der Waals surface area contributed by atoms with Gasteiger partial charge in [-0.05, 0) is 31.0 Å². The molecule has 1 aromatic carbocycles. The normalized spacial score (nSPS) is 9.89. The lowest BCUT2D eigenvalue weighted by Gasteiger charge is -2.08. The second-order valence-corrected chi connectivity index (χ2v) is 3.96. The van der Waals surface area contributed by atoms with Crippen LogP contribution in [0, 0.1) is 6.92 Å². The van der Waals surface area contributed by atoms with E-state index in [1.54, 1.807) is 25.1 Å². The Morgan fingerprint density at radius 1 is 1.39 bits per heavy atom. The van der Waals surface area contributed by atoms with E-state index >= 15 is 0 Å². The summed E-state index contributed by atoms with van der Waals surface area (Å²) >= 11 is 0. The summed E-state index contributed by atoms with van der Waals surface area (Å²) in [6.45, 7) is 2.24. The zero-order valence-corrected chi connectivity index (χ0v) is 10.7. The van der Waals surface area contributed by atoms with Crippen LogP contribution in [0.5, 0.6) is 0 Å². The molecule has 0 saturated carbocycles. The molecule has 98 valence electrons. The smallest absolute Gasteiger partial charge is 0.305 e. The second-order valence-electron chi connectivity index (χ2n) is 3.96. The zero-order chi connectivity index (χ0) is 13.5. The molecule has 0 aliphatic heterocycles. The molecular formula is C13H18N2O3. The van der Waals surface area contributed by atoms with Gasteiger partial charge >= 0.3 is 5.97 Å². The first-order valence-electron chi connectivity index (χ1n) is 5.76. The van der Waals surface area contributed by atoms with Crippen LogP contribution in [0.15, 0.2) is 18.2 Å². The average Bonchev–Trinajstić information content (AvgIpc) is 2.37. The van der Waals surface area contributed by atoms with Crippen molar-refractivity contribution < 1.29 is 14.3 Å². The number of nitrogen functional groups attached to an aromatic ring is 1. The topological polar surface area (TPSA) is 81.4 Å². The van der Waals surface area contributed by atoms with Gasteiger partial charge in [-0.15, -0.1) is 0 Å². The van der Waals surface area contributed by atoms with Crippen molar-refractivity contribution in [3.8, 4) is 0 Å². The number of nitrogens with one attached hydrogen (secondary N) is 1. The first-order chi connectivity index (χ1) is 8.56. The van der Waals surface area contributed by atoms with Crippen molar-refractivity contribution in [2.75, 3.05) is 19.4 Å². The predicted octanol–water partition coefficient (Wildman–Crippen LogP) is 1.26. The molecule has 0 fully saturated rings. The van der Waals surface area contributed by atoms with Gasteiger partial charge in [-0.2, -0.15) is 0 Å². The fourth-order valence-electron chi connectivity index (χ4n) is 1.53. The van der Waals surface area contributed by atoms with Crippen LogP contribution in [0.3, 0.4) is 0 Å². The summed E-state index contributed by atoms with van der Waals surface area (Å²) in [5.41, 5.74) is 7.65. The molecule has 0 aliphatic carbocycles. The van der Waals surface area contributed by atoms with E-state index in [-0.39, 0.29) is 11.9 Å². The highest BCUT2D eigenvalue weighted by Crippen LogP contribution is 2.15. The number of benzene rings is 1. The Morgan fingerprint density at radius 3 is 2.78 bits per heavy atom. The van der Waals surface area contributed by atoms with Crippen molar-refractivity contribution in [1.82, 2.24) is 5.32 Å². The molecule has 0 aliphatic rings. The Morgan fingerprint density at radius 2 is 2.11 bits per heavy atom. The Balaban J connectivity index is 2.46. The Bertz CT molecular complexity index is 444. The maximum Gasteiger partial charge on any atom is 0.305 e. The van der Waals surface area contributed by atoms with Crippen molar-refractivity contribution in [1.29, 1.82) is 0 Å². The fraction of sp³-hybridized carbons (Fsp3) is 0.385. The van der Waals surface area contributed by atoms with E-state index in [2.05, 4.69) is 10.1 Å². The summed E-state index contributed by atoms with van der Waals surface area (Å²) in [6.07, 6.45) is 0.854. The van der Waals surface area contributed by atoms with Crippen molar-refractivity contribution in [3.05, 3.63) is 29.3 Å². The molecule has 0 radical (unpaired) electrons. The number of anilines is 1. The summed E-state index contributed by atoms with van der Waals surface area (Å²) in [6, 6.07) is 5.22. The van der Waals surface area contributed by atoms with Crippen molar-refractivity contribution >= 4 is 17.6 Å². The average molecular weight is 250 g/mol. The molecule has 1 aromatic rings. The molecule has 0 aromatic heterocycles. The van der Waals surface area contributed by atoms with Crippen molar-refractivity contribution in [3.63, 3.8) is 0 Å². The maximum absolute atomic E-state index is 11.8. The lowest BCUT2D eigenvalue weighted by Crippen LogP contribution is -2.25. The van der Waals surface area contributed by atoms with Crippen LogP contribution in [-0.2, 0) is 9.53 Å². The Hall–Kier alpha value is -2.04. The summed E-state index contributed by atoms with van der Waals surface area (Å²) in [7, 11) is 1.34. The molecule has 0 saturated heterocycles. The summed E-state index contributed by atoms with van der Waals surface area (Å²) in [5, 5.41) is 2.74. The lowest BCUT2D eigenvalue weighted by atomic mass is 10.1. The van der Waals surface area contributed by atoms with Gasteiger partial charge in [0.25, 0.3) is 5.91 Å². The van der Waals surface area contributed by atoms with Crippen LogP contribution in [0.1, 0.15) is 28.8 Å². The minimum atomic E-state index is -0.274. The predicted molar refractivity (Wildman–Crippen MR) is 69.2 cm³/mol. The van der Waals surface area contributed by atoms with Gasteiger partial charge in [-0.25, -0.2) is 0 Å². The van der Waals surface area contributed by atoms with E-state index in [0.29, 0.717) is 30.6 Å². The monoisotopic (exact) mass is 250 g/mol. The van der Waals surface area contributed by atoms with Gasteiger partial charge in [0.2, 0.25) is 0 Å². The third-order valence-electron chi connectivity index (χ3n) is 2.69. The summed E-state index contributed by atoms with van der Waals surface area (Å²) in [4.78, 5) is 22.7. The van der Waals surface area contributed by atoms with Gasteiger partial charge < -0.3 is 15.8 Å². The third kappa shape index (κ3) is 3.76. The zero-order valence-electron chi connectivity index (χ0n) is 10.7. The molecular weight excluding hydrogens is 232 g/mol. The minimum Gasteiger partial charge on any atom is -0.469 e. The van der Waals surface area contributed by atoms with E-state index in [0.717, 1.165) is 5.56 Å². The van der Waals surface area contributed by atoms with E-state index in [4.69, 9.17) is 5.73 Å². The summed E-state index contributed by atoms with van der Waals surface area (Å²) in [5.74, 6) is -0.450. The van der Waals surface area contributed by atoms with E-state index in [1.165, 1.54) is 7.11 Å². The molecule has 3 N–H and O–H groups in total. The van der Waals surface area contributed by atoms with E-state index < -0.39 is 0 Å². The standard InChI is InChI=1S/C13H18N2O3/c1-9-10(5-3-6-11(9)14)13(17)15-8-4-7-12(16)18-2/h3,5-6H,4,7-8,14H2,1-2H3,(H,15,17). The van der Waals surface area contributed by atoms with Gasteiger partial charge in [0.15, 0.2) is 0 Å². The third-order valence-corrected chi connectivity index (χ3v) is 2.69. The molecule has 1 rings (SSSR count). The van der Waals surface area contributed by atoms with Gasteiger partial charge in [-0.3, -0.25) is 9.59 Å². The molecule has 0 heterocycles. The molecule has 0 bridgehead atoms. The van der Waals surface area contributed by atoms with Crippen LogP contribution in [-0.4, -0.2) is 25.5 Å². The number of ether oxygens (including phenoxy) is 1. The highest BCUT2D eigenvalue weighted by Gasteiger charge is 2.09. The summed E-state index contributed by atoms with van der Waals surface area (Å²) < 4.78 is 4.51. The number of hydrogen-bond acceptors (Lipinski definition) is 4. The molecule has 5 nitrogen and oxygen atoms in total. The van der Waals surface area contributed by atoms with E-state index in [1.807, 2.05) is 0 Å². The van der Waals surface area contributed by atoms with Gasteiger partial charge in [0, 0.05) is 24.2 Å². The van der Waals surface area contributed by atoms with Crippen LogP contribution >= 0.6 is 0 Å². The van der Waals surface area contributed by atoms with Crippen LogP contribution in [0.25, 0.3) is 0 Å². The number of esters is 1. The lowest BCUT2D eigenvalue weighted by molar-refractivity contribution is -0.140. The maximum atomic E-state index is 11.8. The number of methoxy groups -OCH3 is 1. The van der Waals surface area contributed by atoms with E-state index in [9.17, 15) is 9.59 Å². The number of carbonyl (C=O) groups is 2. The number of carbonyl (C=O) groups excluding carboxylic acids is 2. The molecule has 18 heavy (non-hydrogen) atoms. The highest BCUT2D eigenvalue weighted by atomic mass is 16.5. The van der Waals surface area contributed by atoms with Crippen LogP contribution < -0.4 is 11.1 Å². The number of rotatable bonds is 5. The fourth-order valence-corrected chi connectivity index (χ4v) is 1.53. The molecule has 5 heteroatoms. The van der Waals surface area contributed by atoms with Crippen molar-refractivity contribution in [2.24, 2.45) is 0 Å². The van der Waals surface area contributed by atoms with Crippen molar-refractivity contribution in [2.45, 2.75) is 19.8 Å². The first kappa shape index (κ1) is 14.0. The Kier molecular flexibility index (Phi) is 5.17. The number of hydrogen-bond donors (Lipinski definition) is 2. The molecule has 0 unspecified atom stereocenters. The SMILES string of the molecule is COC(=O)CCCNC(=O)c1cccc(N)c1C. The second kappa shape index (κ2) is 6.64. The number of amides is 1. The quantitative estimate of drug-likeness (QED) is 0.468. The van der Waals surface area contributed by atoms with Gasteiger partial charge in [0.05, 0.1) is 7.11 Å². The van der Waals surface area contributed by atoms with Gasteiger partial charge in [0.1, 0.15) is 0 Å². The first-order valence-corrected chi connectivity index (χ1v) is 5.76. The van der Waals surface area contributed by atoms with Gasteiger partial charge in [-0.1, -0.05) is 6.07 Å². The van der Waals surface area contributed by atoms with Crippen LogP contribution in [0.4, 0.5) is 5.69 Å². The molecule has 0 spiro atoms. The number of nitrogens with two attached hydrogens (primary N) is 1. The minimum absolute atomic E-state index is 0.176. The molecule has 0 atom stereocenters.